The summed E-state index contributed by atoms with van der Waals surface area (Å²) in [7, 11) is -9.48. The minimum atomic E-state index is -4.74. The largest absolute Gasteiger partial charge is 0.394 e. The van der Waals surface area contributed by atoms with E-state index >= 15 is 0 Å². The molecular formula is C23H25N3O6S2. The summed E-state index contributed by atoms with van der Waals surface area (Å²) in [5.74, 6) is 0.214. The van der Waals surface area contributed by atoms with Crippen LogP contribution in [0.15, 0.2) is 41.7 Å². The number of quaternary nitrogens is 1. The molecule has 0 spiro atoms. The van der Waals surface area contributed by atoms with E-state index in [1.54, 1.807) is 24.7 Å². The Balaban J connectivity index is 0.000000429. The van der Waals surface area contributed by atoms with Gasteiger partial charge in [0, 0.05) is 11.1 Å². The molecule has 34 heavy (non-hydrogen) atoms. The summed E-state index contributed by atoms with van der Waals surface area (Å²) in [5, 5.41) is 1.89. The molecule has 6 rings (SSSR count). The number of fused-ring (bicyclic) bond motifs is 7. The van der Waals surface area contributed by atoms with Crippen LogP contribution in [0.4, 0.5) is 0 Å². The second-order valence-corrected chi connectivity index (χ2v) is 11.1. The van der Waals surface area contributed by atoms with Crippen molar-refractivity contribution in [2.75, 3.05) is 0 Å². The zero-order valence-electron chi connectivity index (χ0n) is 18.4. The van der Waals surface area contributed by atoms with E-state index in [2.05, 4.69) is 9.12 Å². The number of aryl methyl sites for hydroxylation is 2. The van der Waals surface area contributed by atoms with Crippen LogP contribution in [-0.2, 0) is 46.3 Å². The Hall–Kier alpha value is -2.73. The predicted octanol–water partition coefficient (Wildman–Crippen LogP) is 2.81. The summed E-state index contributed by atoms with van der Waals surface area (Å²) in [6.45, 7) is 0. The van der Waals surface area contributed by atoms with Crippen molar-refractivity contribution in [3.8, 4) is 22.6 Å². The van der Waals surface area contributed by atoms with Gasteiger partial charge in [-0.05, 0) is 85.8 Å². The van der Waals surface area contributed by atoms with E-state index < -0.39 is 20.6 Å². The molecule has 0 atom stereocenters. The van der Waals surface area contributed by atoms with Gasteiger partial charge in [-0.25, -0.2) is 21.8 Å². The van der Waals surface area contributed by atoms with E-state index in [0.717, 1.165) is 73.6 Å². The van der Waals surface area contributed by atoms with Gasteiger partial charge in [-0.2, -0.15) is 0 Å². The lowest BCUT2D eigenvalue weighted by Gasteiger charge is -2.26. The first kappa shape index (κ1) is 23.0. The minimum absolute atomic E-state index is 0.107. The number of rotatable bonds is 0. The highest BCUT2D eigenvalue weighted by Crippen LogP contribution is 2.48. The summed E-state index contributed by atoms with van der Waals surface area (Å²) >= 11 is 0. The molecule has 2 aromatic rings. The lowest BCUT2D eigenvalue weighted by molar-refractivity contribution is -0.447. The maximum absolute atomic E-state index is 12.3. The first-order valence-corrected chi connectivity index (χ1v) is 14.0. The first-order valence-electron chi connectivity index (χ1n) is 11.3. The fraction of sp³-hybridized carbons (Fsp3) is 0.348. The number of benzene rings is 2. The quantitative estimate of drug-likeness (QED) is 0.588. The molecule has 2 N–H and O–H groups in total. The Kier molecular flexibility index (Phi) is 6.19. The highest BCUT2D eigenvalue weighted by atomic mass is 32.3. The molecule has 0 saturated heterocycles. The zero-order chi connectivity index (χ0) is 23.8. The second-order valence-electron chi connectivity index (χ2n) is 8.50. The van der Waals surface area contributed by atoms with Crippen molar-refractivity contribution in [2.45, 2.75) is 51.4 Å². The van der Waals surface area contributed by atoms with Crippen molar-refractivity contribution < 1.29 is 30.5 Å². The van der Waals surface area contributed by atoms with Gasteiger partial charge in [0.1, 0.15) is 17.7 Å². The fourth-order valence-electron chi connectivity index (χ4n) is 4.92. The Morgan fingerprint density at radius 1 is 0.735 bits per heavy atom. The number of nitrogens with zero attached hydrogens (tertiary/aromatic N) is 2. The Labute approximate surface area is 199 Å². The molecule has 0 unspecified atom stereocenters. The Morgan fingerprint density at radius 2 is 1.24 bits per heavy atom. The average Bonchev–Trinajstić information content (AvgIpc) is 3.38. The average molecular weight is 504 g/mol. The lowest BCUT2D eigenvalue weighted by Crippen LogP contribution is -2.74. The second kappa shape index (κ2) is 9.14. The molecule has 2 heterocycles. The van der Waals surface area contributed by atoms with Crippen LogP contribution in [0.1, 0.15) is 47.9 Å². The smallest absolute Gasteiger partial charge is 0.247 e. The van der Waals surface area contributed by atoms with Crippen molar-refractivity contribution in [1.29, 1.82) is 0 Å². The molecule has 0 radical (unpaired) electrons. The summed E-state index contributed by atoms with van der Waals surface area (Å²) in [4.78, 5) is 3.72. The van der Waals surface area contributed by atoms with E-state index in [1.165, 1.54) is 0 Å². The SMILES string of the molecule is C1=C[NH2+]C=N1.O=S1(=O)[N-]S(=O)(=O)Oc2ccc3c(c2-c2c(ccc4c2CCCC4)O1)CCCC3. The van der Waals surface area contributed by atoms with Crippen molar-refractivity contribution in [2.24, 2.45) is 4.99 Å². The molecule has 9 nitrogen and oxygen atoms in total. The highest BCUT2D eigenvalue weighted by Gasteiger charge is 2.29. The molecule has 2 aromatic carbocycles. The van der Waals surface area contributed by atoms with E-state index in [9.17, 15) is 16.8 Å². The summed E-state index contributed by atoms with van der Waals surface area (Å²) in [6.07, 6.45) is 12.8. The van der Waals surface area contributed by atoms with E-state index in [1.807, 2.05) is 23.6 Å². The third kappa shape index (κ3) is 4.74. The van der Waals surface area contributed by atoms with Gasteiger partial charge in [0.05, 0.1) is 6.20 Å². The normalized spacial score (nSPS) is 20.9. The van der Waals surface area contributed by atoms with Crippen molar-refractivity contribution in [1.82, 2.24) is 0 Å². The van der Waals surface area contributed by atoms with Crippen molar-refractivity contribution >= 4 is 26.9 Å². The van der Waals surface area contributed by atoms with E-state index in [0.29, 0.717) is 11.1 Å². The molecule has 2 aliphatic heterocycles. The molecule has 11 heteroatoms. The van der Waals surface area contributed by atoms with Crippen molar-refractivity contribution in [3.63, 3.8) is 0 Å². The van der Waals surface area contributed by atoms with E-state index in [4.69, 9.17) is 8.37 Å². The third-order valence-electron chi connectivity index (χ3n) is 6.27. The fourth-order valence-corrected chi connectivity index (χ4v) is 6.79. The Bertz CT molecular complexity index is 1290. The Morgan fingerprint density at radius 3 is 1.65 bits per heavy atom. The van der Waals surface area contributed by atoms with Crippen LogP contribution in [0.5, 0.6) is 11.5 Å². The number of aliphatic imine (C=N–C) groups is 1. The van der Waals surface area contributed by atoms with Crippen molar-refractivity contribution in [3.05, 3.63) is 63.0 Å². The monoisotopic (exact) mass is 503 g/mol. The standard InChI is InChI=1S/C20H20NO6S2.C3H4N2/c22-28(23)21-29(24,25)27-18-12-10-14-6-2-4-8-16(14)20(18)19-15-7-3-1-5-13(15)9-11-17(19)26-28;1-2-5-3-4-1/h9-12H,1-8H2;1-3H,(H,4,5)/q-1;/p+1. The number of nitrogens with two attached hydrogens (primary N) is 1. The summed E-state index contributed by atoms with van der Waals surface area (Å²) < 4.78 is 62.5. The molecule has 2 aliphatic carbocycles. The maximum atomic E-state index is 12.3. The summed E-state index contributed by atoms with van der Waals surface area (Å²) in [5.41, 5.74) is 5.54. The molecule has 0 aromatic heterocycles. The van der Waals surface area contributed by atoms with Gasteiger partial charge >= 0.3 is 0 Å². The van der Waals surface area contributed by atoms with Crippen LogP contribution < -0.4 is 13.7 Å². The molecule has 0 fully saturated rings. The minimum Gasteiger partial charge on any atom is -0.394 e. The molecule has 0 saturated carbocycles. The van der Waals surface area contributed by atoms with Gasteiger partial charge in [0.2, 0.25) is 20.6 Å². The van der Waals surface area contributed by atoms with Gasteiger partial charge in [-0.15, -0.1) is 0 Å². The topological polar surface area (TPSA) is 130 Å². The van der Waals surface area contributed by atoms with Crippen LogP contribution in [-0.4, -0.2) is 23.2 Å². The van der Waals surface area contributed by atoms with Gasteiger partial charge in [0.15, 0.2) is 6.34 Å². The molecule has 180 valence electrons. The van der Waals surface area contributed by atoms with Crippen LogP contribution >= 0.6 is 0 Å². The molecule has 4 aliphatic rings. The van der Waals surface area contributed by atoms with Gasteiger partial charge in [-0.3, -0.25) is 5.32 Å². The predicted molar refractivity (Wildman–Crippen MR) is 127 cm³/mol. The lowest BCUT2D eigenvalue weighted by atomic mass is 9.80. The summed E-state index contributed by atoms with van der Waals surface area (Å²) in [6, 6.07) is 6.95. The van der Waals surface area contributed by atoms with Crippen LogP contribution in [0.2, 0.25) is 0 Å². The zero-order valence-corrected chi connectivity index (χ0v) is 20.1. The van der Waals surface area contributed by atoms with Crippen LogP contribution in [0.3, 0.4) is 0 Å². The molecular weight excluding hydrogens is 478 g/mol. The molecule has 0 amide bonds. The molecule has 0 bridgehead atoms. The third-order valence-corrected chi connectivity index (χ3v) is 8.51. The van der Waals surface area contributed by atoms with Crippen LogP contribution in [0.25, 0.3) is 15.3 Å². The number of hydrogen-bond donors (Lipinski definition) is 1. The van der Waals surface area contributed by atoms with Gasteiger partial charge in [0.25, 0.3) is 0 Å². The highest BCUT2D eigenvalue weighted by molar-refractivity contribution is 8.08. The van der Waals surface area contributed by atoms with Crippen LogP contribution in [0, 0.1) is 0 Å². The maximum Gasteiger partial charge on any atom is 0.247 e. The van der Waals surface area contributed by atoms with Gasteiger partial charge < -0.3 is 12.5 Å². The van der Waals surface area contributed by atoms with E-state index in [-0.39, 0.29) is 11.5 Å². The van der Waals surface area contributed by atoms with Gasteiger partial charge in [-0.1, -0.05) is 12.1 Å². The first-order chi connectivity index (χ1) is 16.3. The number of hydrogen-bond acceptors (Lipinski definition) is 7.